The van der Waals surface area contributed by atoms with Crippen LogP contribution in [0.2, 0.25) is 0 Å². The van der Waals surface area contributed by atoms with Crippen LogP contribution < -0.4 is 10.1 Å². The van der Waals surface area contributed by atoms with Crippen LogP contribution in [0.4, 0.5) is 0 Å². The third-order valence-electron chi connectivity index (χ3n) is 4.52. The molecule has 0 saturated carbocycles. The Labute approximate surface area is 165 Å². The molecule has 0 aliphatic carbocycles. The number of amides is 1. The van der Waals surface area contributed by atoms with Gasteiger partial charge in [-0.3, -0.25) is 4.79 Å². The molecule has 2 rings (SSSR count). The number of nitrogens with one attached hydrogen (secondary N) is 1. The zero-order valence-corrected chi connectivity index (χ0v) is 17.1. The molecule has 28 heavy (non-hydrogen) atoms. The number of hydrogen-bond donors (Lipinski definition) is 2. The van der Waals surface area contributed by atoms with Crippen molar-refractivity contribution in [2.24, 2.45) is 0 Å². The number of carboxylic acids is 1. The van der Waals surface area contributed by atoms with Gasteiger partial charge < -0.3 is 19.9 Å². The van der Waals surface area contributed by atoms with E-state index in [9.17, 15) is 14.7 Å². The zero-order valence-electron chi connectivity index (χ0n) is 17.1. The predicted molar refractivity (Wildman–Crippen MR) is 109 cm³/mol. The first-order chi connectivity index (χ1) is 13.1. The van der Waals surface area contributed by atoms with Gasteiger partial charge in [-0.25, -0.2) is 4.79 Å². The summed E-state index contributed by atoms with van der Waals surface area (Å²) in [5.74, 6) is -1.09. The molecule has 2 aromatic carbocycles. The van der Waals surface area contributed by atoms with Crippen molar-refractivity contribution in [1.29, 1.82) is 0 Å². The monoisotopic (exact) mass is 387 g/mol. The summed E-state index contributed by atoms with van der Waals surface area (Å²) in [5.41, 5.74) is 0.471. The number of carbonyl (C=O) groups excluding carboxylic acids is 1. The Balaban J connectivity index is 2.07. The first kappa shape index (κ1) is 21.7. The molecule has 0 saturated heterocycles. The second-order valence-electron chi connectivity index (χ2n) is 7.84. The van der Waals surface area contributed by atoms with Crippen molar-refractivity contribution in [2.45, 2.75) is 51.7 Å². The summed E-state index contributed by atoms with van der Waals surface area (Å²) in [5, 5.41) is 14.0. The predicted octanol–water partition coefficient (Wildman–Crippen LogP) is 3.73. The molecule has 0 heterocycles. The van der Waals surface area contributed by atoms with Crippen molar-refractivity contribution in [1.82, 2.24) is 5.32 Å². The van der Waals surface area contributed by atoms with Crippen LogP contribution in [0.25, 0.3) is 10.8 Å². The lowest BCUT2D eigenvalue weighted by Gasteiger charge is -2.22. The fourth-order valence-electron chi connectivity index (χ4n) is 2.83. The molecule has 152 valence electrons. The van der Waals surface area contributed by atoms with E-state index < -0.39 is 17.9 Å². The van der Waals surface area contributed by atoms with E-state index in [1.54, 1.807) is 14.0 Å². The van der Waals surface area contributed by atoms with Gasteiger partial charge in [0.25, 0.3) is 0 Å². The first-order valence-electron chi connectivity index (χ1n) is 9.35. The molecule has 2 aromatic rings. The van der Waals surface area contributed by atoms with Crippen LogP contribution in [0.3, 0.4) is 0 Å². The van der Waals surface area contributed by atoms with Gasteiger partial charge in [-0.15, -0.1) is 0 Å². The van der Waals surface area contributed by atoms with Crippen molar-refractivity contribution >= 4 is 22.6 Å². The van der Waals surface area contributed by atoms with Gasteiger partial charge in [0.1, 0.15) is 11.8 Å². The highest BCUT2D eigenvalue weighted by molar-refractivity contribution is 5.90. The molecule has 0 aliphatic rings. The topological polar surface area (TPSA) is 84.9 Å². The van der Waals surface area contributed by atoms with Crippen LogP contribution in [0.15, 0.2) is 36.4 Å². The largest absolute Gasteiger partial charge is 0.497 e. The van der Waals surface area contributed by atoms with E-state index in [2.05, 4.69) is 5.32 Å². The number of carboxylic acid groups (broad SMARTS) is 1. The van der Waals surface area contributed by atoms with Crippen molar-refractivity contribution in [3.63, 3.8) is 0 Å². The van der Waals surface area contributed by atoms with E-state index in [1.165, 1.54) is 0 Å². The summed E-state index contributed by atoms with van der Waals surface area (Å²) < 4.78 is 10.8. The number of fused-ring (bicyclic) bond motifs is 1. The molecule has 0 radical (unpaired) electrons. The second-order valence-corrected chi connectivity index (χ2v) is 7.84. The summed E-state index contributed by atoms with van der Waals surface area (Å²) >= 11 is 0. The SMILES string of the molecule is COc1ccc2cc([C@H](C)C(=O)NC(CCOC(C)(C)C)C(=O)O)ccc2c1. The number of rotatable bonds is 8. The minimum absolute atomic E-state index is 0.211. The van der Waals surface area contributed by atoms with E-state index in [-0.39, 0.29) is 24.5 Å². The Kier molecular flexibility index (Phi) is 7.02. The van der Waals surface area contributed by atoms with Crippen molar-refractivity contribution in [3.8, 4) is 5.75 Å². The molecule has 0 bridgehead atoms. The van der Waals surface area contributed by atoms with E-state index in [0.29, 0.717) is 0 Å². The van der Waals surface area contributed by atoms with E-state index >= 15 is 0 Å². The number of carbonyl (C=O) groups is 2. The highest BCUT2D eigenvalue weighted by Crippen LogP contribution is 2.25. The highest BCUT2D eigenvalue weighted by Gasteiger charge is 2.24. The van der Waals surface area contributed by atoms with Crippen molar-refractivity contribution < 1.29 is 24.2 Å². The van der Waals surface area contributed by atoms with Gasteiger partial charge in [-0.2, -0.15) is 0 Å². The third kappa shape index (κ3) is 5.96. The van der Waals surface area contributed by atoms with Gasteiger partial charge in [0.2, 0.25) is 5.91 Å². The number of hydrogen-bond acceptors (Lipinski definition) is 4. The summed E-state index contributed by atoms with van der Waals surface area (Å²) in [6.45, 7) is 7.73. The lowest BCUT2D eigenvalue weighted by molar-refractivity contribution is -0.143. The maximum Gasteiger partial charge on any atom is 0.326 e. The zero-order chi connectivity index (χ0) is 20.9. The van der Waals surface area contributed by atoms with Gasteiger partial charge in [0.15, 0.2) is 0 Å². The van der Waals surface area contributed by atoms with E-state index in [0.717, 1.165) is 22.1 Å². The number of methoxy groups -OCH3 is 1. The third-order valence-corrected chi connectivity index (χ3v) is 4.52. The van der Waals surface area contributed by atoms with Gasteiger partial charge in [-0.1, -0.05) is 24.3 Å². The minimum atomic E-state index is -1.07. The normalized spacial score (nSPS) is 13.8. The number of aliphatic carboxylic acids is 1. The van der Waals surface area contributed by atoms with Crippen LogP contribution in [-0.4, -0.2) is 42.3 Å². The van der Waals surface area contributed by atoms with Crippen LogP contribution in [-0.2, 0) is 14.3 Å². The molecule has 0 spiro atoms. The van der Waals surface area contributed by atoms with Gasteiger partial charge in [-0.05, 0) is 56.2 Å². The molecule has 0 aromatic heterocycles. The molecular weight excluding hydrogens is 358 g/mol. The molecule has 6 heteroatoms. The fraction of sp³-hybridized carbons (Fsp3) is 0.455. The average Bonchev–Trinajstić information content (AvgIpc) is 2.64. The Bertz CT molecular complexity index is 840. The van der Waals surface area contributed by atoms with E-state index in [1.807, 2.05) is 57.2 Å². The number of benzene rings is 2. The molecule has 0 fully saturated rings. The quantitative estimate of drug-likeness (QED) is 0.721. The van der Waals surface area contributed by atoms with Crippen molar-refractivity contribution in [2.75, 3.05) is 13.7 Å². The highest BCUT2D eigenvalue weighted by atomic mass is 16.5. The molecule has 1 amide bonds. The van der Waals surface area contributed by atoms with Gasteiger partial charge in [0.05, 0.1) is 18.6 Å². The van der Waals surface area contributed by atoms with Crippen LogP contribution in [0, 0.1) is 0 Å². The summed E-state index contributed by atoms with van der Waals surface area (Å²) in [4.78, 5) is 24.1. The van der Waals surface area contributed by atoms with E-state index in [4.69, 9.17) is 9.47 Å². The molecule has 6 nitrogen and oxygen atoms in total. The fourth-order valence-corrected chi connectivity index (χ4v) is 2.83. The van der Waals surface area contributed by atoms with Crippen LogP contribution in [0.5, 0.6) is 5.75 Å². The first-order valence-corrected chi connectivity index (χ1v) is 9.35. The van der Waals surface area contributed by atoms with Crippen LogP contribution >= 0.6 is 0 Å². The lowest BCUT2D eigenvalue weighted by atomic mass is 9.96. The summed E-state index contributed by atoms with van der Waals surface area (Å²) in [6, 6.07) is 10.5. The Morgan fingerprint density at radius 1 is 1.11 bits per heavy atom. The van der Waals surface area contributed by atoms with Crippen LogP contribution in [0.1, 0.15) is 45.6 Å². The molecule has 1 unspecified atom stereocenters. The van der Waals surface area contributed by atoms with Gasteiger partial charge >= 0.3 is 5.97 Å². The lowest BCUT2D eigenvalue weighted by Crippen LogP contribution is -2.43. The van der Waals surface area contributed by atoms with Crippen molar-refractivity contribution in [3.05, 3.63) is 42.0 Å². The Morgan fingerprint density at radius 3 is 2.36 bits per heavy atom. The second kappa shape index (κ2) is 9.06. The Morgan fingerprint density at radius 2 is 1.75 bits per heavy atom. The molecule has 0 aliphatic heterocycles. The maximum atomic E-state index is 12.6. The summed E-state index contributed by atoms with van der Waals surface area (Å²) in [7, 11) is 1.62. The van der Waals surface area contributed by atoms with Gasteiger partial charge in [0, 0.05) is 13.0 Å². The standard InChI is InChI=1S/C22H29NO5/c1-14(15-6-7-17-13-18(27-5)9-8-16(17)12-15)20(24)23-19(21(25)26)10-11-28-22(2,3)4/h6-9,12-14,19H,10-11H2,1-5H3,(H,23,24)(H,25,26)/t14-,19?/m0/s1. The molecule has 2 N–H and O–H groups in total. The smallest absolute Gasteiger partial charge is 0.326 e. The average molecular weight is 387 g/mol. The number of ether oxygens (including phenoxy) is 2. The Hall–Kier alpha value is -2.60. The summed E-state index contributed by atoms with van der Waals surface area (Å²) in [6.07, 6.45) is 0.211. The molecular formula is C22H29NO5. The maximum absolute atomic E-state index is 12.6. The molecule has 2 atom stereocenters. The minimum Gasteiger partial charge on any atom is -0.497 e.